The zero-order valence-electron chi connectivity index (χ0n) is 69.6. The molecule has 18 rings (SSSR count). The quantitative estimate of drug-likeness (QED) is 0.0357. The average Bonchev–Trinajstić information content (AvgIpc) is 0.966. The molecule has 0 radical (unpaired) electrons. The zero-order valence-corrected chi connectivity index (χ0v) is 72.9. The van der Waals surface area contributed by atoms with Gasteiger partial charge in [-0.2, -0.15) is 11.8 Å². The lowest BCUT2D eigenvalue weighted by atomic mass is 9.74. The van der Waals surface area contributed by atoms with Gasteiger partial charge in [-0.05, 0) is 152 Å². The number of carboxylic acid groups (broad SMARTS) is 2. The standard InChI is InChI=1S/C12H13BN4O4S.C12H13BN4O3S.C12H14BN3O2S.C12H16BNO3.C11H13BO5.C10H13BO3.C10H13BO2S/c1-6-2-3-7-4-8(22-12-16-15-5-17(12)14)13(20)21-10(7)9(6)11(18)19;1-7(18)9-4-2-3-8-5-10(13(19)20-11(8)9)21-12-16-15-6-17(12)14;1-8-4-3-5-9-6-10(13(17)18-11(8)9)19-12-15-14-7-16(12)2;1-8-3-2-4-9-5-11(13(15)17-12(8)9)16-10-6-14-7-10;1-6-3-4-7-5-8(16-2)12(15)17-10(7)9(6)11(13)14;1-7-4-3-5-8-6-9(13-2)11(12)14-10(7)8;1-7-4-3-5-8-6-9(14-2)11(12)13-10(7)8/h2-3,5,8,20H,4,14H2,1H3,(H,18,19);2-4,6,10,18-19H,1,5,14H2;3-5,7,10,17H,6H2,1-2H3;2-4,10-11,14-15H,5-7H2,1H3;3-4,8,15H,5H2,1-2H3,(H,13,14);2*3-5,9,12H,6H2,1-2H3/t8-;2*10-;11-;8-;2*9-/m0000000/s1. The van der Waals surface area contributed by atoms with Gasteiger partial charge in [0.05, 0.1) is 32.3 Å². The van der Waals surface area contributed by atoms with E-state index in [1.165, 1.54) is 70.0 Å². The minimum Gasteiger partial charge on any atom is -0.535 e. The molecule has 0 amide bonds. The number of nitrogens with zero attached hydrogens (tertiary/aromatic N) is 9. The Balaban J connectivity index is 0.000000133. The second-order valence-electron chi connectivity index (χ2n) is 30.1. The Morgan fingerprint density at radius 3 is 1.12 bits per heavy atom. The van der Waals surface area contributed by atoms with Crippen molar-refractivity contribution >= 4 is 115 Å². The Morgan fingerprint density at radius 2 is 0.750 bits per heavy atom. The summed E-state index contributed by atoms with van der Waals surface area (Å²) in [6, 6.07) is 35.6. The third-order valence-electron chi connectivity index (χ3n) is 21.3. The zero-order chi connectivity index (χ0) is 88.9. The summed E-state index contributed by atoms with van der Waals surface area (Å²) in [6.07, 6.45) is 11.1. The molecule has 34 nitrogen and oxygen atoms in total. The maximum atomic E-state index is 11.4. The molecule has 0 saturated carbocycles. The molecule has 10 aromatic rings. The van der Waals surface area contributed by atoms with Crippen molar-refractivity contribution in [2.24, 2.45) is 7.05 Å². The molecule has 0 bridgehead atoms. The van der Waals surface area contributed by atoms with Crippen LogP contribution in [0.1, 0.15) is 98.6 Å². The summed E-state index contributed by atoms with van der Waals surface area (Å²) in [4.78, 5) is 22.5. The molecule has 3 aromatic heterocycles. The summed E-state index contributed by atoms with van der Waals surface area (Å²) in [5.41, 5.74) is 13.0. The van der Waals surface area contributed by atoms with Crippen LogP contribution in [0, 0.1) is 41.5 Å². The van der Waals surface area contributed by atoms with E-state index in [4.69, 9.17) is 63.6 Å². The number of carboxylic acids is 2. The number of nitrogens with two attached hydrogens (primary N) is 2. The summed E-state index contributed by atoms with van der Waals surface area (Å²) in [6.45, 7) is 16.6. The molecule has 7 aromatic carbocycles. The average molecular weight is 1770 g/mol. The summed E-state index contributed by atoms with van der Waals surface area (Å²) in [7, 11) is -1.59. The van der Waals surface area contributed by atoms with Crippen molar-refractivity contribution in [1.82, 2.24) is 49.8 Å². The molecule has 124 heavy (non-hydrogen) atoms. The summed E-state index contributed by atoms with van der Waals surface area (Å²) in [5.74, 6) is 13.3. The van der Waals surface area contributed by atoms with E-state index in [2.05, 4.69) is 48.6 Å². The van der Waals surface area contributed by atoms with Crippen molar-refractivity contribution in [2.45, 2.75) is 147 Å². The number of thioether (sulfide) groups is 4. The molecule has 15 N–H and O–H groups in total. The Morgan fingerprint density at radius 1 is 0.427 bits per heavy atom. The van der Waals surface area contributed by atoms with Crippen LogP contribution < -0.4 is 49.6 Å². The number of aromatic carboxylic acids is 2. The van der Waals surface area contributed by atoms with Gasteiger partial charge in [-0.25, -0.2) is 18.9 Å². The van der Waals surface area contributed by atoms with Crippen molar-refractivity contribution in [3.8, 4) is 40.2 Å². The highest BCUT2D eigenvalue weighted by atomic mass is 32.2. The first-order valence-electron chi connectivity index (χ1n) is 39.5. The lowest BCUT2D eigenvalue weighted by molar-refractivity contribution is -0.0168. The number of nitrogens with one attached hydrogen (secondary N) is 1. The fourth-order valence-corrected chi connectivity index (χ4v) is 18.1. The second-order valence-corrected chi connectivity index (χ2v) is 34.8. The first-order valence-corrected chi connectivity index (χ1v) is 43.4. The van der Waals surface area contributed by atoms with Crippen LogP contribution in [0.15, 0.2) is 156 Å². The number of aliphatic hydroxyl groups excluding tert-OH is 1. The third-order valence-corrected chi connectivity index (χ3v) is 26.0. The van der Waals surface area contributed by atoms with Gasteiger partial charge in [0.2, 0.25) is 10.3 Å². The fraction of sp³-hybridized carbons (Fsp3) is 0.342. The van der Waals surface area contributed by atoms with Crippen LogP contribution in [-0.2, 0) is 66.2 Å². The smallest absolute Gasteiger partial charge is 0.535 e. The molecule has 0 unspecified atom stereocenters. The number of hydrogen-bond donors (Lipinski definition) is 13. The number of nitrogen functional groups attached to an aromatic ring is 2. The van der Waals surface area contributed by atoms with Gasteiger partial charge in [-0.1, -0.05) is 151 Å². The highest BCUT2D eigenvalue weighted by molar-refractivity contribution is 8.01. The van der Waals surface area contributed by atoms with Crippen LogP contribution in [0.2, 0.25) is 0 Å². The Hall–Kier alpha value is -9.95. The fourth-order valence-electron chi connectivity index (χ4n) is 14.5. The molecule has 8 aliphatic rings. The number of aryl methyl sites for hydroxylation is 7. The molecule has 8 aliphatic heterocycles. The van der Waals surface area contributed by atoms with E-state index >= 15 is 0 Å². The number of fused-ring (bicyclic) bond motifs is 7. The van der Waals surface area contributed by atoms with Crippen LogP contribution in [0.5, 0.6) is 40.2 Å². The van der Waals surface area contributed by atoms with Crippen LogP contribution in [-0.4, -0.2) is 235 Å². The monoisotopic (exact) mass is 1770 g/mol. The number of carbonyl (C=O) groups is 2. The highest BCUT2D eigenvalue weighted by Gasteiger charge is 2.44. The molecule has 0 aliphatic carbocycles. The van der Waals surface area contributed by atoms with Gasteiger partial charge < -0.3 is 119 Å². The number of aromatic nitrogens is 9. The van der Waals surface area contributed by atoms with Gasteiger partial charge in [-0.3, -0.25) is 0 Å². The first-order chi connectivity index (χ1) is 59.4. The minimum atomic E-state index is -1.16. The normalized spacial score (nSPS) is 19.1. The molecule has 0 spiro atoms. The molecule has 11 heterocycles. The number of methoxy groups -OCH3 is 2. The highest BCUT2D eigenvalue weighted by Crippen LogP contribution is 2.42. The Kier molecular flexibility index (Phi) is 31.8. The van der Waals surface area contributed by atoms with Crippen molar-refractivity contribution in [3.63, 3.8) is 0 Å². The topological polar surface area (TPSA) is 485 Å². The lowest BCUT2D eigenvalue weighted by Crippen LogP contribution is -2.54. The molecule has 1 fully saturated rings. The molecular formula is C79H95B7N12O22S4. The Labute approximate surface area is 735 Å². The van der Waals surface area contributed by atoms with Gasteiger partial charge in [0.1, 0.15) is 94.1 Å². The van der Waals surface area contributed by atoms with E-state index in [1.54, 1.807) is 63.3 Å². The van der Waals surface area contributed by atoms with Gasteiger partial charge in [0, 0.05) is 53.6 Å². The number of benzene rings is 7. The number of hydrogen-bond acceptors (Lipinski definition) is 33. The minimum absolute atomic E-state index is 0.0720. The number of aliphatic hydroxyl groups is 1. The summed E-state index contributed by atoms with van der Waals surface area (Å²) in [5, 5.41) is 125. The number of ether oxygens (including phenoxy) is 3. The van der Waals surface area contributed by atoms with E-state index in [0.29, 0.717) is 64.9 Å². The molecule has 45 heteroatoms. The van der Waals surface area contributed by atoms with Crippen LogP contribution in [0.3, 0.4) is 0 Å². The third kappa shape index (κ3) is 22.5. The van der Waals surface area contributed by atoms with Gasteiger partial charge in [-0.15, -0.1) is 30.6 Å². The maximum Gasteiger partial charge on any atom is 0.554 e. The van der Waals surface area contributed by atoms with E-state index < -0.39 is 67.8 Å². The molecule has 648 valence electrons. The van der Waals surface area contributed by atoms with E-state index in [-0.39, 0.29) is 67.1 Å². The summed E-state index contributed by atoms with van der Waals surface area (Å²) < 4.78 is 58.7. The molecular weight excluding hydrogens is 1670 g/mol. The van der Waals surface area contributed by atoms with E-state index in [0.717, 1.165) is 110 Å². The van der Waals surface area contributed by atoms with Crippen LogP contribution >= 0.6 is 47.0 Å². The largest absolute Gasteiger partial charge is 0.554 e. The van der Waals surface area contributed by atoms with Gasteiger partial charge in [0.25, 0.3) is 0 Å². The van der Waals surface area contributed by atoms with Crippen LogP contribution in [0.4, 0.5) is 0 Å². The lowest BCUT2D eigenvalue weighted by Gasteiger charge is -2.35. The Bertz CT molecular complexity index is 5340. The van der Waals surface area contributed by atoms with Gasteiger partial charge >= 0.3 is 61.8 Å². The van der Waals surface area contributed by atoms with E-state index in [1.807, 2.05) is 130 Å². The van der Waals surface area contributed by atoms with Crippen molar-refractivity contribution in [1.29, 1.82) is 0 Å². The molecule has 7 atom stereocenters. The van der Waals surface area contributed by atoms with Crippen molar-refractivity contribution < 1.29 is 107 Å². The van der Waals surface area contributed by atoms with Gasteiger partial charge in [0.15, 0.2) is 5.16 Å². The number of para-hydroxylation sites is 5. The van der Waals surface area contributed by atoms with Crippen LogP contribution in [0.25, 0.3) is 5.76 Å². The predicted molar refractivity (Wildman–Crippen MR) is 476 cm³/mol. The number of rotatable bonds is 14. The SMILES string of the molecule is C=C(O)c1cccc2c1OB(O)[C@@H](Sc1nncn1N)C2.CO[C@H]1Cc2ccc(C)c(C(=O)O)c2OB1O.CO[C@H]1Cc2cccc(C)c2OB1O.CS[C@H]1Cc2cccc(C)c2OB1O.Cc1ccc2c(c1C(=O)O)OB(O)[C@@H](Sc1nncn1N)C2.Cc1cccc2c1OB(O)[C@@H](OC1CNC1)C2.Cc1cccc2c1OB(O)[C@@H](Sc1nncn1C)C2. The maximum absolute atomic E-state index is 11.4. The molecule has 1 saturated heterocycles. The van der Waals surface area contributed by atoms with Crippen molar-refractivity contribution in [2.75, 3.05) is 45.3 Å². The predicted octanol–water partition coefficient (Wildman–Crippen LogP) is 5.60. The first kappa shape index (κ1) is 93.2. The van der Waals surface area contributed by atoms with E-state index in [9.17, 15) is 55.0 Å². The van der Waals surface area contributed by atoms with Crippen molar-refractivity contribution in [3.05, 3.63) is 230 Å². The summed E-state index contributed by atoms with van der Waals surface area (Å²) >= 11 is 5.66. The second kappa shape index (κ2) is 42.4.